The molecule has 0 bridgehead atoms. The van der Waals surface area contributed by atoms with E-state index < -0.39 is 0 Å². The lowest BCUT2D eigenvalue weighted by atomic mass is 10.2. The Kier molecular flexibility index (Phi) is 4.65. The van der Waals surface area contributed by atoms with E-state index in [1.54, 1.807) is 24.3 Å². The molecule has 0 saturated heterocycles. The van der Waals surface area contributed by atoms with Gasteiger partial charge in [0.15, 0.2) is 0 Å². The Bertz CT molecular complexity index is 1240. The fourth-order valence-corrected chi connectivity index (χ4v) is 3.22. The molecule has 2 aromatic carbocycles. The number of hydrogen-bond donors (Lipinski definition) is 0. The zero-order chi connectivity index (χ0) is 19.7. The average Bonchev–Trinajstić information content (AvgIpc) is 3.20. The summed E-state index contributed by atoms with van der Waals surface area (Å²) < 4.78 is 8.20. The molecule has 28 heavy (non-hydrogen) atoms. The molecule has 4 aromatic rings. The van der Waals surface area contributed by atoms with Gasteiger partial charge in [0.1, 0.15) is 6.54 Å². The van der Waals surface area contributed by atoms with Crippen molar-refractivity contribution in [3.05, 3.63) is 81.3 Å². The molecule has 7 heteroatoms. The van der Waals surface area contributed by atoms with Gasteiger partial charge in [-0.1, -0.05) is 54.5 Å². The van der Waals surface area contributed by atoms with Crippen LogP contribution in [0.2, 0.25) is 0 Å². The first-order valence-corrected chi connectivity index (χ1v) is 9.22. The zero-order valence-corrected chi connectivity index (χ0v) is 15.7. The quantitative estimate of drug-likeness (QED) is 0.534. The number of aromatic nitrogens is 4. The van der Waals surface area contributed by atoms with Crippen molar-refractivity contribution in [3.63, 3.8) is 0 Å². The molecule has 0 aliphatic carbocycles. The molecular formula is C21H20N4O3. The van der Waals surface area contributed by atoms with Crippen molar-refractivity contribution in [2.75, 3.05) is 0 Å². The summed E-state index contributed by atoms with van der Waals surface area (Å²) in [5, 5.41) is 4.50. The van der Waals surface area contributed by atoms with Crippen molar-refractivity contribution < 1.29 is 4.52 Å². The summed E-state index contributed by atoms with van der Waals surface area (Å²) in [6.45, 7) is 3.90. The maximum absolute atomic E-state index is 13.1. The lowest BCUT2D eigenvalue weighted by molar-refractivity contribution is 0.367. The number of rotatable bonds is 5. The van der Waals surface area contributed by atoms with E-state index in [1.807, 2.05) is 44.2 Å². The van der Waals surface area contributed by atoms with E-state index in [0.29, 0.717) is 29.0 Å². The summed E-state index contributed by atoms with van der Waals surface area (Å²) in [6.07, 6.45) is 0.673. The van der Waals surface area contributed by atoms with Gasteiger partial charge in [-0.15, -0.1) is 0 Å². The lowest BCUT2D eigenvalue weighted by Crippen LogP contribution is -2.41. The van der Waals surface area contributed by atoms with Crippen molar-refractivity contribution >= 4 is 10.9 Å². The number of benzene rings is 2. The van der Waals surface area contributed by atoms with Gasteiger partial charge in [-0.25, -0.2) is 4.79 Å². The molecule has 0 radical (unpaired) electrons. The topological polar surface area (TPSA) is 82.9 Å². The van der Waals surface area contributed by atoms with Crippen LogP contribution in [0, 0.1) is 0 Å². The standard InChI is InChI=1S/C21H20N4O3/c1-3-14(2)25-20(26)16-11-7-8-12-17(16)24(21(25)27)13-18-22-19(23-28-18)15-9-5-4-6-10-15/h4-12,14H,3,13H2,1-2H3/t14-/m0/s1. The summed E-state index contributed by atoms with van der Waals surface area (Å²) in [6, 6.07) is 16.3. The predicted molar refractivity (Wildman–Crippen MR) is 106 cm³/mol. The summed E-state index contributed by atoms with van der Waals surface area (Å²) in [5.74, 6) is 0.767. The van der Waals surface area contributed by atoms with E-state index >= 15 is 0 Å². The SMILES string of the molecule is CC[C@H](C)n1c(=O)c2ccccc2n(Cc2nc(-c3ccccc3)no2)c1=O. The van der Waals surface area contributed by atoms with Crippen LogP contribution in [0.1, 0.15) is 32.2 Å². The molecule has 7 nitrogen and oxygen atoms in total. The molecule has 4 rings (SSSR count). The van der Waals surface area contributed by atoms with Gasteiger partial charge in [-0.2, -0.15) is 4.98 Å². The Morgan fingerprint density at radius 2 is 1.75 bits per heavy atom. The second-order valence-electron chi connectivity index (χ2n) is 6.70. The van der Waals surface area contributed by atoms with Crippen LogP contribution < -0.4 is 11.2 Å². The molecule has 2 aromatic heterocycles. The predicted octanol–water partition coefficient (Wildman–Crippen LogP) is 3.23. The van der Waals surface area contributed by atoms with E-state index in [4.69, 9.17) is 4.52 Å². The smallest absolute Gasteiger partial charge is 0.332 e. The maximum atomic E-state index is 13.1. The molecule has 0 fully saturated rings. The molecule has 1 atom stereocenters. The van der Waals surface area contributed by atoms with Crippen LogP contribution in [-0.2, 0) is 6.54 Å². The summed E-state index contributed by atoms with van der Waals surface area (Å²) in [5.41, 5.74) is 0.731. The highest BCUT2D eigenvalue weighted by molar-refractivity contribution is 5.77. The van der Waals surface area contributed by atoms with Crippen LogP contribution in [0.25, 0.3) is 22.3 Å². The van der Waals surface area contributed by atoms with Crippen LogP contribution in [0.15, 0.2) is 68.7 Å². The third-order valence-corrected chi connectivity index (χ3v) is 4.91. The molecule has 142 valence electrons. The molecular weight excluding hydrogens is 356 g/mol. The van der Waals surface area contributed by atoms with Crippen LogP contribution in [-0.4, -0.2) is 19.3 Å². The van der Waals surface area contributed by atoms with E-state index in [0.717, 1.165) is 5.56 Å². The number of hydrogen-bond acceptors (Lipinski definition) is 5. The summed E-state index contributed by atoms with van der Waals surface area (Å²) in [4.78, 5) is 30.4. The van der Waals surface area contributed by atoms with Gasteiger partial charge in [-0.3, -0.25) is 13.9 Å². The van der Waals surface area contributed by atoms with Gasteiger partial charge < -0.3 is 4.52 Å². The molecule has 0 aliphatic heterocycles. The minimum absolute atomic E-state index is 0.0931. The Labute approximate surface area is 160 Å². The van der Waals surface area contributed by atoms with E-state index in [2.05, 4.69) is 10.1 Å². The first-order chi connectivity index (χ1) is 13.6. The van der Waals surface area contributed by atoms with Crippen molar-refractivity contribution in [2.45, 2.75) is 32.9 Å². The zero-order valence-electron chi connectivity index (χ0n) is 15.7. The third-order valence-electron chi connectivity index (χ3n) is 4.91. The Balaban J connectivity index is 1.84. The molecule has 0 N–H and O–H groups in total. The average molecular weight is 376 g/mol. The number of para-hydroxylation sites is 1. The maximum Gasteiger partial charge on any atom is 0.332 e. The monoisotopic (exact) mass is 376 g/mol. The van der Waals surface area contributed by atoms with E-state index in [1.165, 1.54) is 9.13 Å². The van der Waals surface area contributed by atoms with Gasteiger partial charge in [0.25, 0.3) is 5.56 Å². The largest absolute Gasteiger partial charge is 0.337 e. The van der Waals surface area contributed by atoms with Crippen LogP contribution in [0.4, 0.5) is 0 Å². The Morgan fingerprint density at radius 1 is 1.04 bits per heavy atom. The highest BCUT2D eigenvalue weighted by Gasteiger charge is 2.18. The molecule has 0 amide bonds. The highest BCUT2D eigenvalue weighted by Crippen LogP contribution is 2.16. The number of nitrogens with zero attached hydrogens (tertiary/aromatic N) is 4. The molecule has 0 unspecified atom stereocenters. The molecule has 0 saturated carbocycles. The second kappa shape index (κ2) is 7.26. The lowest BCUT2D eigenvalue weighted by Gasteiger charge is -2.16. The summed E-state index contributed by atoms with van der Waals surface area (Å²) >= 11 is 0. The summed E-state index contributed by atoms with van der Waals surface area (Å²) in [7, 11) is 0. The molecule has 0 aliphatic rings. The van der Waals surface area contributed by atoms with Crippen molar-refractivity contribution in [1.82, 2.24) is 19.3 Å². The first-order valence-electron chi connectivity index (χ1n) is 9.22. The van der Waals surface area contributed by atoms with Crippen molar-refractivity contribution in [2.24, 2.45) is 0 Å². The van der Waals surface area contributed by atoms with Crippen LogP contribution in [0.5, 0.6) is 0 Å². The van der Waals surface area contributed by atoms with Crippen molar-refractivity contribution in [3.8, 4) is 11.4 Å². The molecule has 2 heterocycles. The van der Waals surface area contributed by atoms with Crippen LogP contribution in [0.3, 0.4) is 0 Å². The normalized spacial score (nSPS) is 12.4. The third kappa shape index (κ3) is 3.05. The highest BCUT2D eigenvalue weighted by atomic mass is 16.5. The minimum Gasteiger partial charge on any atom is -0.337 e. The van der Waals surface area contributed by atoms with Crippen molar-refractivity contribution in [1.29, 1.82) is 0 Å². The van der Waals surface area contributed by atoms with E-state index in [-0.39, 0.29) is 23.8 Å². The fraction of sp³-hybridized carbons (Fsp3) is 0.238. The van der Waals surface area contributed by atoms with Gasteiger partial charge in [0, 0.05) is 11.6 Å². The van der Waals surface area contributed by atoms with Gasteiger partial charge in [0.05, 0.1) is 10.9 Å². The fourth-order valence-electron chi connectivity index (χ4n) is 3.22. The molecule has 0 spiro atoms. The second-order valence-corrected chi connectivity index (χ2v) is 6.70. The Morgan fingerprint density at radius 3 is 2.50 bits per heavy atom. The van der Waals surface area contributed by atoms with E-state index in [9.17, 15) is 9.59 Å². The minimum atomic E-state index is -0.377. The van der Waals surface area contributed by atoms with Gasteiger partial charge in [-0.05, 0) is 25.5 Å². The first kappa shape index (κ1) is 17.9. The Hall–Kier alpha value is -3.48. The number of fused-ring (bicyclic) bond motifs is 1. The van der Waals surface area contributed by atoms with Gasteiger partial charge >= 0.3 is 5.69 Å². The van der Waals surface area contributed by atoms with Gasteiger partial charge in [0.2, 0.25) is 11.7 Å². The van der Waals surface area contributed by atoms with Crippen LogP contribution >= 0.6 is 0 Å².